The summed E-state index contributed by atoms with van der Waals surface area (Å²) in [5.74, 6) is 0. The average Bonchev–Trinajstić information content (AvgIpc) is 3.45. The summed E-state index contributed by atoms with van der Waals surface area (Å²) < 4.78 is 2.09. The third kappa shape index (κ3) is 2.81. The maximum atomic E-state index is 12.4. The minimum Gasteiger partial charge on any atom is -0.335 e. The molecule has 4 aromatic rings. The molecule has 28 heavy (non-hydrogen) atoms. The molecule has 8 heteroatoms. The molecule has 1 unspecified atom stereocenters. The van der Waals surface area contributed by atoms with E-state index in [2.05, 4.69) is 47.5 Å². The molecule has 2 amide bonds. The van der Waals surface area contributed by atoms with E-state index in [1.54, 1.807) is 18.7 Å². The van der Waals surface area contributed by atoms with E-state index in [0.717, 1.165) is 22.6 Å². The second kappa shape index (κ2) is 6.66. The number of pyridine rings is 1. The Kier molecular flexibility index (Phi) is 3.86. The Bertz CT molecular complexity index is 1120. The number of amides is 2. The smallest absolute Gasteiger partial charge is 0.319 e. The van der Waals surface area contributed by atoms with Crippen molar-refractivity contribution in [1.82, 2.24) is 30.0 Å². The minimum atomic E-state index is -0.276. The molecule has 3 N–H and O–H groups in total. The van der Waals surface area contributed by atoms with E-state index in [4.69, 9.17) is 0 Å². The number of H-pyrrole nitrogens is 1. The van der Waals surface area contributed by atoms with Crippen LogP contribution in [0.25, 0.3) is 22.6 Å². The van der Waals surface area contributed by atoms with Crippen LogP contribution in [-0.2, 0) is 0 Å². The minimum absolute atomic E-state index is 0.0281. The number of fused-ring (bicyclic) bond motifs is 3. The van der Waals surface area contributed by atoms with Gasteiger partial charge < -0.3 is 15.2 Å². The van der Waals surface area contributed by atoms with Gasteiger partial charge in [0.1, 0.15) is 0 Å². The van der Waals surface area contributed by atoms with Crippen LogP contribution in [0.15, 0.2) is 67.4 Å². The Balaban J connectivity index is 1.25. The Morgan fingerprint density at radius 1 is 1.14 bits per heavy atom. The summed E-state index contributed by atoms with van der Waals surface area (Å²) in [4.78, 5) is 20.9. The lowest BCUT2D eigenvalue weighted by Crippen LogP contribution is -2.33. The number of aromatic nitrogens is 5. The molecule has 3 aromatic heterocycles. The molecule has 0 spiro atoms. The van der Waals surface area contributed by atoms with Gasteiger partial charge >= 0.3 is 6.03 Å². The van der Waals surface area contributed by atoms with Crippen LogP contribution < -0.4 is 10.6 Å². The van der Waals surface area contributed by atoms with Crippen molar-refractivity contribution in [2.75, 3.05) is 11.9 Å². The van der Waals surface area contributed by atoms with Crippen molar-refractivity contribution >= 4 is 11.7 Å². The Morgan fingerprint density at radius 2 is 2.07 bits per heavy atom. The van der Waals surface area contributed by atoms with E-state index in [1.807, 2.05) is 36.5 Å². The van der Waals surface area contributed by atoms with Crippen molar-refractivity contribution in [1.29, 1.82) is 0 Å². The van der Waals surface area contributed by atoms with Gasteiger partial charge in [-0.3, -0.25) is 10.1 Å². The first-order valence-corrected chi connectivity index (χ1v) is 8.91. The van der Waals surface area contributed by atoms with Gasteiger partial charge in [-0.2, -0.15) is 5.10 Å². The average molecular weight is 371 g/mol. The summed E-state index contributed by atoms with van der Waals surface area (Å²) >= 11 is 0. The summed E-state index contributed by atoms with van der Waals surface area (Å²) in [6.07, 6.45) is 6.95. The second-order valence-electron chi connectivity index (χ2n) is 6.53. The van der Waals surface area contributed by atoms with E-state index in [1.165, 1.54) is 5.56 Å². The summed E-state index contributed by atoms with van der Waals surface area (Å²) in [5, 5.41) is 12.5. The lowest BCUT2D eigenvalue weighted by atomic mass is 10.0. The highest BCUT2D eigenvalue weighted by Crippen LogP contribution is 2.38. The van der Waals surface area contributed by atoms with Gasteiger partial charge in [-0.1, -0.05) is 24.3 Å². The molecule has 5 rings (SSSR count). The summed E-state index contributed by atoms with van der Waals surface area (Å²) in [5.41, 5.74) is 5.62. The van der Waals surface area contributed by atoms with Crippen LogP contribution >= 0.6 is 0 Å². The van der Waals surface area contributed by atoms with E-state index >= 15 is 0 Å². The zero-order valence-corrected chi connectivity index (χ0v) is 14.8. The number of imidazole rings is 1. The normalized spacial score (nSPS) is 14.4. The largest absolute Gasteiger partial charge is 0.335 e. The fraction of sp³-hybridized carbons (Fsp3) is 0.100. The van der Waals surface area contributed by atoms with Gasteiger partial charge in [0.25, 0.3) is 0 Å². The third-order valence-corrected chi connectivity index (χ3v) is 4.85. The van der Waals surface area contributed by atoms with Gasteiger partial charge in [-0.25, -0.2) is 9.78 Å². The zero-order valence-electron chi connectivity index (χ0n) is 14.8. The Hall–Kier alpha value is -3.94. The monoisotopic (exact) mass is 371 g/mol. The number of anilines is 1. The van der Waals surface area contributed by atoms with Gasteiger partial charge in [0, 0.05) is 18.3 Å². The molecule has 0 bridgehead atoms. The molecule has 4 heterocycles. The van der Waals surface area contributed by atoms with E-state index in [-0.39, 0.29) is 12.1 Å². The predicted molar refractivity (Wildman–Crippen MR) is 105 cm³/mol. The number of carbonyl (C=O) groups excluding carboxylic acids is 1. The second-order valence-corrected chi connectivity index (χ2v) is 6.53. The fourth-order valence-electron chi connectivity index (χ4n) is 3.53. The SMILES string of the molecule is O=C(NCC1c2ccccc2-c2cncn21)Nc1ccc(-c2ccn[nH]2)nc1. The Labute approximate surface area is 160 Å². The van der Waals surface area contributed by atoms with Crippen LogP contribution in [0, 0.1) is 0 Å². The third-order valence-electron chi connectivity index (χ3n) is 4.85. The number of urea groups is 1. The van der Waals surface area contributed by atoms with E-state index < -0.39 is 0 Å². The maximum Gasteiger partial charge on any atom is 0.319 e. The highest BCUT2D eigenvalue weighted by Gasteiger charge is 2.28. The van der Waals surface area contributed by atoms with E-state index in [0.29, 0.717) is 12.2 Å². The lowest BCUT2D eigenvalue weighted by Gasteiger charge is -2.16. The van der Waals surface area contributed by atoms with Gasteiger partial charge in [0.05, 0.1) is 47.5 Å². The number of hydrogen-bond acceptors (Lipinski definition) is 4. The molecule has 1 aromatic carbocycles. The predicted octanol–water partition coefficient (Wildman–Crippen LogP) is 3.06. The summed E-state index contributed by atoms with van der Waals surface area (Å²) in [6, 6.07) is 13.4. The van der Waals surface area contributed by atoms with E-state index in [9.17, 15) is 4.79 Å². The first-order chi connectivity index (χ1) is 13.8. The van der Waals surface area contributed by atoms with Crippen molar-refractivity contribution < 1.29 is 4.79 Å². The number of nitrogens with zero attached hydrogens (tertiary/aromatic N) is 4. The van der Waals surface area contributed by atoms with Crippen molar-refractivity contribution in [2.45, 2.75) is 6.04 Å². The standard InChI is InChI=1S/C20H17N7O/c28-20(25-13-5-6-16(22-9-13)17-7-8-24-26-17)23-11-19-15-4-2-1-3-14(15)18-10-21-12-27(18)19/h1-10,12,19H,11H2,(H,24,26)(H2,23,25,28). The fourth-order valence-corrected chi connectivity index (χ4v) is 3.53. The highest BCUT2D eigenvalue weighted by molar-refractivity contribution is 5.89. The topological polar surface area (TPSA) is 101 Å². The van der Waals surface area contributed by atoms with Crippen molar-refractivity contribution in [3.05, 3.63) is 72.9 Å². The molecule has 0 fully saturated rings. The first-order valence-electron chi connectivity index (χ1n) is 8.91. The molecule has 1 atom stereocenters. The molecule has 0 aliphatic carbocycles. The quantitative estimate of drug-likeness (QED) is 0.513. The zero-order chi connectivity index (χ0) is 18.9. The van der Waals surface area contributed by atoms with Crippen LogP contribution in [0.2, 0.25) is 0 Å². The van der Waals surface area contributed by atoms with Gasteiger partial charge in [-0.05, 0) is 23.8 Å². The van der Waals surface area contributed by atoms with Crippen LogP contribution in [-0.4, -0.2) is 37.3 Å². The molecule has 1 aliphatic rings. The first kappa shape index (κ1) is 16.2. The number of benzene rings is 1. The number of aromatic amines is 1. The molecule has 0 saturated heterocycles. The number of carbonyl (C=O) groups is 1. The molecular formula is C20H17N7O. The van der Waals surface area contributed by atoms with Gasteiger partial charge in [0.2, 0.25) is 0 Å². The number of hydrogen-bond donors (Lipinski definition) is 3. The molecule has 138 valence electrons. The van der Waals surface area contributed by atoms with Crippen LogP contribution in [0.4, 0.5) is 10.5 Å². The van der Waals surface area contributed by atoms with Crippen molar-refractivity contribution in [3.63, 3.8) is 0 Å². The number of nitrogens with one attached hydrogen (secondary N) is 3. The Morgan fingerprint density at radius 3 is 2.89 bits per heavy atom. The van der Waals surface area contributed by atoms with Gasteiger partial charge in [0.15, 0.2) is 0 Å². The number of rotatable bonds is 4. The highest BCUT2D eigenvalue weighted by atomic mass is 16.2. The molecule has 8 nitrogen and oxygen atoms in total. The van der Waals surface area contributed by atoms with Crippen LogP contribution in [0.5, 0.6) is 0 Å². The van der Waals surface area contributed by atoms with Crippen molar-refractivity contribution in [3.8, 4) is 22.6 Å². The summed E-state index contributed by atoms with van der Waals surface area (Å²) in [7, 11) is 0. The summed E-state index contributed by atoms with van der Waals surface area (Å²) in [6.45, 7) is 0.464. The van der Waals surface area contributed by atoms with Crippen molar-refractivity contribution in [2.24, 2.45) is 0 Å². The van der Waals surface area contributed by atoms with Crippen LogP contribution in [0.3, 0.4) is 0 Å². The molecular weight excluding hydrogens is 354 g/mol. The van der Waals surface area contributed by atoms with Gasteiger partial charge in [-0.15, -0.1) is 0 Å². The lowest BCUT2D eigenvalue weighted by molar-refractivity contribution is 0.251. The maximum absolute atomic E-state index is 12.4. The molecule has 0 saturated carbocycles. The van der Waals surface area contributed by atoms with Crippen LogP contribution in [0.1, 0.15) is 11.6 Å². The molecule has 0 radical (unpaired) electrons. The molecule has 1 aliphatic heterocycles.